The average molecular weight is 162 g/mol. The minimum atomic E-state index is 0.576. The Morgan fingerprint density at radius 2 is 2.17 bits per heavy atom. The molecule has 0 aliphatic rings. The van der Waals surface area contributed by atoms with Crippen molar-refractivity contribution in [3.05, 3.63) is 43.0 Å². The summed E-state index contributed by atoms with van der Waals surface area (Å²) in [6.07, 6.45) is 3.14. The highest BCUT2D eigenvalue weighted by molar-refractivity contribution is 5.60. The highest BCUT2D eigenvalue weighted by Gasteiger charge is 1.96. The summed E-state index contributed by atoms with van der Waals surface area (Å²) in [6.45, 7) is 9.06. The number of allylic oxidation sites excluding steroid dienone is 1. The van der Waals surface area contributed by atoms with Gasteiger partial charge in [0.2, 0.25) is 0 Å². The van der Waals surface area contributed by atoms with E-state index in [1.807, 2.05) is 0 Å². The third kappa shape index (κ3) is 2.20. The molecule has 0 unspecified atom stereocenters. The van der Waals surface area contributed by atoms with Crippen LogP contribution in [0.4, 0.5) is 0 Å². The Bertz CT molecular complexity index is 309. The van der Waals surface area contributed by atoms with Crippen LogP contribution in [0.2, 0.25) is 0 Å². The van der Waals surface area contributed by atoms with Crippen molar-refractivity contribution in [1.82, 2.24) is 0 Å². The first kappa shape index (κ1) is 8.46. The predicted octanol–water partition coefficient (Wildman–Crippen LogP) is 3.24. The molecular weight excluding hydrogens is 152 g/mol. The van der Waals surface area contributed by atoms with Gasteiger partial charge in [0, 0.05) is 5.56 Å². The third-order valence-electron chi connectivity index (χ3n) is 1.20. The van der Waals surface area contributed by atoms with Crippen LogP contribution in [0.25, 0.3) is 5.70 Å². The van der Waals surface area contributed by atoms with Gasteiger partial charge in [-0.15, -0.1) is 0 Å². The van der Waals surface area contributed by atoms with Gasteiger partial charge in [-0.25, -0.2) is 0 Å². The van der Waals surface area contributed by atoms with Crippen molar-refractivity contribution in [3.63, 3.8) is 0 Å². The fraction of sp³-hybridized carbons (Fsp3) is 0.111. The maximum absolute atomic E-state index is 4.86. The summed E-state index contributed by atoms with van der Waals surface area (Å²) < 4.78 is 4.86. The second-order valence-electron chi connectivity index (χ2n) is 2.39. The van der Waals surface area contributed by atoms with E-state index in [2.05, 4.69) is 23.4 Å². The summed E-state index contributed by atoms with van der Waals surface area (Å²) in [7, 11) is 0. The Labute approximate surface area is 71.1 Å². The summed E-state index contributed by atoms with van der Waals surface area (Å²) in [5.41, 5.74) is 2.06. The minimum Gasteiger partial charge on any atom is -0.472 e. The predicted molar refractivity (Wildman–Crippen MR) is 47.4 cm³/mol. The van der Waals surface area contributed by atoms with Crippen LogP contribution in [-0.4, -0.2) is 0 Å². The van der Waals surface area contributed by atoms with Crippen LogP contribution in [0, 0.1) is 0 Å². The molecule has 0 bridgehead atoms. The zero-order valence-electron chi connectivity index (χ0n) is 6.95. The molecule has 0 spiro atoms. The molecular formula is C9H10N2O. The van der Waals surface area contributed by atoms with E-state index in [1.54, 1.807) is 25.5 Å². The lowest BCUT2D eigenvalue weighted by Gasteiger charge is -1.90. The number of rotatable bonds is 3. The van der Waals surface area contributed by atoms with Gasteiger partial charge in [0.25, 0.3) is 0 Å². The molecule has 12 heavy (non-hydrogen) atoms. The van der Waals surface area contributed by atoms with E-state index in [0.29, 0.717) is 11.4 Å². The molecule has 0 N–H and O–H groups in total. The second-order valence-corrected chi connectivity index (χ2v) is 2.39. The van der Waals surface area contributed by atoms with E-state index in [4.69, 9.17) is 4.42 Å². The van der Waals surface area contributed by atoms with Gasteiger partial charge in [-0.3, -0.25) is 0 Å². The molecule has 0 radical (unpaired) electrons. The summed E-state index contributed by atoms with van der Waals surface area (Å²) >= 11 is 0. The number of hydrogen-bond acceptors (Lipinski definition) is 3. The highest BCUT2D eigenvalue weighted by atomic mass is 16.3. The molecule has 0 atom stereocenters. The van der Waals surface area contributed by atoms with Crippen LogP contribution in [0.1, 0.15) is 12.5 Å². The molecule has 0 aliphatic heterocycles. The van der Waals surface area contributed by atoms with Gasteiger partial charge in [-0.2, -0.15) is 10.2 Å². The van der Waals surface area contributed by atoms with Crippen LogP contribution >= 0.6 is 0 Å². The average Bonchev–Trinajstić information content (AvgIpc) is 2.51. The summed E-state index contributed by atoms with van der Waals surface area (Å²) in [6, 6.07) is 1.78. The number of furan rings is 1. The molecule has 0 fully saturated rings. The van der Waals surface area contributed by atoms with Crippen LogP contribution in [-0.2, 0) is 0 Å². The fourth-order valence-corrected chi connectivity index (χ4v) is 0.632. The first-order valence-electron chi connectivity index (χ1n) is 3.49. The van der Waals surface area contributed by atoms with E-state index in [9.17, 15) is 0 Å². The van der Waals surface area contributed by atoms with E-state index < -0.39 is 0 Å². The summed E-state index contributed by atoms with van der Waals surface area (Å²) in [4.78, 5) is 0. The van der Waals surface area contributed by atoms with Crippen LogP contribution in [0.5, 0.6) is 0 Å². The van der Waals surface area contributed by atoms with Crippen molar-refractivity contribution in [2.75, 3.05) is 0 Å². The molecule has 1 rings (SSSR count). The zero-order valence-corrected chi connectivity index (χ0v) is 6.95. The SMILES string of the molecule is C=C(C)N=NC(=C)c1ccoc1. The smallest absolute Gasteiger partial charge is 0.0997 e. The van der Waals surface area contributed by atoms with E-state index in [1.165, 1.54) is 0 Å². The molecule has 3 nitrogen and oxygen atoms in total. The molecule has 1 aromatic rings. The highest BCUT2D eigenvalue weighted by Crippen LogP contribution is 2.14. The quantitative estimate of drug-likeness (QED) is 0.628. The van der Waals surface area contributed by atoms with Crippen molar-refractivity contribution in [2.45, 2.75) is 6.92 Å². The summed E-state index contributed by atoms with van der Waals surface area (Å²) in [5, 5.41) is 7.61. The van der Waals surface area contributed by atoms with Crippen molar-refractivity contribution in [2.24, 2.45) is 10.2 Å². The molecule has 0 amide bonds. The van der Waals surface area contributed by atoms with Crippen LogP contribution in [0.3, 0.4) is 0 Å². The molecule has 62 valence electrons. The van der Waals surface area contributed by atoms with E-state index in [0.717, 1.165) is 5.56 Å². The van der Waals surface area contributed by atoms with Crippen molar-refractivity contribution < 1.29 is 4.42 Å². The Morgan fingerprint density at radius 3 is 2.67 bits per heavy atom. The topological polar surface area (TPSA) is 37.9 Å². The van der Waals surface area contributed by atoms with Crippen molar-refractivity contribution in [3.8, 4) is 0 Å². The van der Waals surface area contributed by atoms with Crippen LogP contribution < -0.4 is 0 Å². The molecule has 0 aromatic carbocycles. The first-order chi connectivity index (χ1) is 5.70. The van der Waals surface area contributed by atoms with Crippen LogP contribution in [0.15, 0.2) is 52.1 Å². The van der Waals surface area contributed by atoms with E-state index in [-0.39, 0.29) is 0 Å². The van der Waals surface area contributed by atoms with Crippen molar-refractivity contribution >= 4 is 5.70 Å². The van der Waals surface area contributed by atoms with Gasteiger partial charge in [0.15, 0.2) is 0 Å². The van der Waals surface area contributed by atoms with Gasteiger partial charge < -0.3 is 4.42 Å². The molecule has 1 heterocycles. The number of nitrogens with zero attached hydrogens (tertiary/aromatic N) is 2. The maximum Gasteiger partial charge on any atom is 0.0997 e. The lowest BCUT2D eigenvalue weighted by atomic mass is 10.3. The number of azo groups is 1. The first-order valence-corrected chi connectivity index (χ1v) is 3.49. The molecule has 1 aromatic heterocycles. The molecule has 0 saturated heterocycles. The Morgan fingerprint density at radius 1 is 1.42 bits per heavy atom. The van der Waals surface area contributed by atoms with Gasteiger partial charge >= 0.3 is 0 Å². The molecule has 0 aliphatic carbocycles. The lowest BCUT2D eigenvalue weighted by molar-refractivity contribution is 0.566. The Hall–Kier alpha value is -1.64. The minimum absolute atomic E-state index is 0.576. The van der Waals surface area contributed by atoms with Gasteiger partial charge in [0.05, 0.1) is 23.9 Å². The normalized spacial score (nSPS) is 10.4. The van der Waals surface area contributed by atoms with E-state index >= 15 is 0 Å². The standard InChI is InChI=1S/C9H10N2O/c1-7(2)10-11-8(3)9-4-5-12-6-9/h4-6H,1,3H2,2H3. The maximum atomic E-state index is 4.86. The Kier molecular flexibility index (Phi) is 2.58. The van der Waals surface area contributed by atoms with Gasteiger partial charge in [-0.1, -0.05) is 13.2 Å². The molecule has 3 heteroatoms. The largest absolute Gasteiger partial charge is 0.472 e. The third-order valence-corrected chi connectivity index (χ3v) is 1.20. The fourth-order valence-electron chi connectivity index (χ4n) is 0.632. The Balaban J connectivity index is 2.68. The van der Waals surface area contributed by atoms with Crippen molar-refractivity contribution in [1.29, 1.82) is 0 Å². The van der Waals surface area contributed by atoms with Gasteiger partial charge in [-0.05, 0) is 13.0 Å². The summed E-state index contributed by atoms with van der Waals surface area (Å²) in [5.74, 6) is 0. The second kappa shape index (κ2) is 3.67. The van der Waals surface area contributed by atoms with Gasteiger partial charge in [0.1, 0.15) is 0 Å². The molecule has 0 saturated carbocycles. The number of hydrogen-bond donors (Lipinski definition) is 0. The zero-order chi connectivity index (χ0) is 8.97. The lowest BCUT2D eigenvalue weighted by Crippen LogP contribution is -1.71. The monoisotopic (exact) mass is 162 g/mol.